The van der Waals surface area contributed by atoms with Gasteiger partial charge in [-0.3, -0.25) is 0 Å². The summed E-state index contributed by atoms with van der Waals surface area (Å²) in [5.41, 5.74) is 5.68. The molecule has 4 nitrogen and oxygen atoms in total. The molecule has 122 valence electrons. The monoisotopic (exact) mass is 305 g/mol. The molecule has 0 heterocycles. The Balaban J connectivity index is 4.44. The first-order chi connectivity index (χ1) is 9.61. The fourth-order valence-corrected chi connectivity index (χ4v) is 4.08. The Hall–Kier alpha value is 0.0569. The van der Waals surface area contributed by atoms with Crippen molar-refractivity contribution in [2.75, 3.05) is 19.8 Å². The Kier molecular flexibility index (Phi) is 12.8. The highest BCUT2D eigenvalue weighted by atomic mass is 28.4. The molecule has 0 amide bonds. The molecule has 5 heteroatoms. The fraction of sp³-hybridized carbons (Fsp3) is 1.00. The van der Waals surface area contributed by atoms with E-state index < -0.39 is 8.80 Å². The van der Waals surface area contributed by atoms with E-state index in [4.69, 9.17) is 19.0 Å². The van der Waals surface area contributed by atoms with Gasteiger partial charge in [0.05, 0.1) is 6.10 Å². The topological polar surface area (TPSA) is 53.7 Å². The zero-order valence-electron chi connectivity index (χ0n) is 14.0. The molecular formula is C15H35NO3Si. The van der Waals surface area contributed by atoms with Gasteiger partial charge in [-0.05, 0) is 32.2 Å². The van der Waals surface area contributed by atoms with E-state index in [-0.39, 0.29) is 6.10 Å². The van der Waals surface area contributed by atoms with Crippen LogP contribution in [0.3, 0.4) is 0 Å². The molecule has 0 radical (unpaired) electrons. The van der Waals surface area contributed by atoms with E-state index in [2.05, 4.69) is 20.8 Å². The van der Waals surface area contributed by atoms with Gasteiger partial charge >= 0.3 is 8.80 Å². The summed E-state index contributed by atoms with van der Waals surface area (Å²) in [6.07, 6.45) is 7.53. The third-order valence-corrected chi connectivity index (χ3v) is 5.42. The van der Waals surface area contributed by atoms with Gasteiger partial charge in [0.1, 0.15) is 0 Å². The number of hydrogen-bond donors (Lipinski definition) is 1. The van der Waals surface area contributed by atoms with Gasteiger partial charge in [-0.1, -0.05) is 40.0 Å². The molecule has 1 atom stereocenters. The molecule has 0 spiro atoms. The number of hydrogen-bond acceptors (Lipinski definition) is 4. The van der Waals surface area contributed by atoms with Crippen LogP contribution in [0.15, 0.2) is 0 Å². The summed E-state index contributed by atoms with van der Waals surface area (Å²) in [4.78, 5) is 0. The Morgan fingerprint density at radius 1 is 0.900 bits per heavy atom. The van der Waals surface area contributed by atoms with E-state index in [1.54, 1.807) is 0 Å². The van der Waals surface area contributed by atoms with Crippen LogP contribution in [0.2, 0.25) is 6.55 Å². The number of unbranched alkanes of at least 4 members (excludes halogenated alkanes) is 2. The van der Waals surface area contributed by atoms with Crippen molar-refractivity contribution in [1.82, 2.24) is 0 Å². The SMILES string of the molecule is CCCCO[Si](C)(OCCCC)OC(CCC)CCN. The van der Waals surface area contributed by atoms with E-state index in [1.807, 2.05) is 6.55 Å². The Morgan fingerprint density at radius 3 is 1.85 bits per heavy atom. The molecule has 0 bridgehead atoms. The average molecular weight is 306 g/mol. The van der Waals surface area contributed by atoms with E-state index in [0.29, 0.717) is 6.54 Å². The Bertz CT molecular complexity index is 201. The van der Waals surface area contributed by atoms with Crippen LogP contribution in [0.4, 0.5) is 0 Å². The second kappa shape index (κ2) is 12.8. The standard InChI is InChI=1S/C15H35NO3Si/c1-5-8-13-17-20(4,18-14-9-6-2)19-15(10-7-3)11-12-16/h15H,5-14,16H2,1-4H3. The van der Waals surface area contributed by atoms with Crippen LogP contribution in [-0.4, -0.2) is 34.7 Å². The average Bonchev–Trinajstić information content (AvgIpc) is 2.40. The van der Waals surface area contributed by atoms with Crippen molar-refractivity contribution in [3.8, 4) is 0 Å². The molecule has 2 N–H and O–H groups in total. The number of nitrogens with two attached hydrogens (primary N) is 1. The van der Waals surface area contributed by atoms with Crippen LogP contribution >= 0.6 is 0 Å². The quantitative estimate of drug-likeness (QED) is 0.392. The maximum atomic E-state index is 6.23. The highest BCUT2D eigenvalue weighted by molar-refractivity contribution is 6.59. The Morgan fingerprint density at radius 2 is 1.45 bits per heavy atom. The van der Waals surface area contributed by atoms with Crippen LogP contribution in [-0.2, 0) is 13.3 Å². The first-order valence-corrected chi connectivity index (χ1v) is 10.5. The van der Waals surface area contributed by atoms with Crippen molar-refractivity contribution in [3.05, 3.63) is 0 Å². The summed E-state index contributed by atoms with van der Waals surface area (Å²) in [5.74, 6) is 0. The summed E-state index contributed by atoms with van der Waals surface area (Å²) in [5, 5.41) is 0. The molecule has 0 aliphatic carbocycles. The van der Waals surface area contributed by atoms with Crippen molar-refractivity contribution in [2.24, 2.45) is 5.73 Å². The molecule has 0 saturated carbocycles. The van der Waals surface area contributed by atoms with Crippen LogP contribution in [0.5, 0.6) is 0 Å². The van der Waals surface area contributed by atoms with E-state index >= 15 is 0 Å². The predicted molar refractivity (Wildman–Crippen MR) is 86.8 cm³/mol. The van der Waals surface area contributed by atoms with Crippen LogP contribution in [0, 0.1) is 0 Å². The van der Waals surface area contributed by atoms with Crippen molar-refractivity contribution < 1.29 is 13.3 Å². The fourth-order valence-electron chi connectivity index (χ4n) is 1.99. The molecule has 0 aromatic heterocycles. The first-order valence-electron chi connectivity index (χ1n) is 8.27. The molecule has 0 aromatic rings. The smallest absolute Gasteiger partial charge is 0.374 e. The first kappa shape index (κ1) is 20.1. The van der Waals surface area contributed by atoms with Gasteiger partial charge in [0.2, 0.25) is 0 Å². The lowest BCUT2D eigenvalue weighted by Gasteiger charge is -2.30. The molecule has 0 rings (SSSR count). The largest absolute Gasteiger partial charge is 0.497 e. The molecule has 0 aliphatic heterocycles. The molecular weight excluding hydrogens is 270 g/mol. The third-order valence-electron chi connectivity index (χ3n) is 3.20. The highest BCUT2D eigenvalue weighted by Crippen LogP contribution is 2.18. The van der Waals surface area contributed by atoms with Crippen molar-refractivity contribution in [2.45, 2.75) is 78.4 Å². The molecule has 0 aromatic carbocycles. The van der Waals surface area contributed by atoms with Gasteiger partial charge in [-0.25, -0.2) is 0 Å². The van der Waals surface area contributed by atoms with Gasteiger partial charge in [-0.2, -0.15) is 0 Å². The normalized spacial score (nSPS) is 13.7. The summed E-state index contributed by atoms with van der Waals surface area (Å²) in [6, 6.07) is 0. The maximum absolute atomic E-state index is 6.23. The maximum Gasteiger partial charge on any atom is 0.497 e. The lowest BCUT2D eigenvalue weighted by atomic mass is 10.1. The minimum Gasteiger partial charge on any atom is -0.374 e. The van der Waals surface area contributed by atoms with Crippen LogP contribution in [0.1, 0.15) is 65.7 Å². The minimum atomic E-state index is -2.52. The zero-order chi connectivity index (χ0) is 15.3. The molecule has 0 aliphatic rings. The van der Waals surface area contributed by atoms with E-state index in [9.17, 15) is 0 Å². The number of rotatable bonds is 14. The summed E-state index contributed by atoms with van der Waals surface area (Å²) in [7, 11) is -2.52. The molecule has 0 fully saturated rings. The molecule has 20 heavy (non-hydrogen) atoms. The zero-order valence-corrected chi connectivity index (χ0v) is 15.0. The van der Waals surface area contributed by atoms with Gasteiger partial charge in [0, 0.05) is 19.8 Å². The van der Waals surface area contributed by atoms with Crippen molar-refractivity contribution >= 4 is 8.80 Å². The summed E-state index contributed by atoms with van der Waals surface area (Å²) in [6.45, 7) is 10.6. The second-order valence-electron chi connectivity index (χ2n) is 5.37. The third kappa shape index (κ3) is 9.88. The van der Waals surface area contributed by atoms with Gasteiger partial charge in [0.15, 0.2) is 0 Å². The van der Waals surface area contributed by atoms with Gasteiger partial charge in [0.25, 0.3) is 0 Å². The molecule has 1 unspecified atom stereocenters. The lowest BCUT2D eigenvalue weighted by Crippen LogP contribution is -2.46. The van der Waals surface area contributed by atoms with Crippen LogP contribution < -0.4 is 5.73 Å². The van der Waals surface area contributed by atoms with Crippen molar-refractivity contribution in [1.29, 1.82) is 0 Å². The second-order valence-corrected chi connectivity index (χ2v) is 7.91. The van der Waals surface area contributed by atoms with Crippen molar-refractivity contribution in [3.63, 3.8) is 0 Å². The minimum absolute atomic E-state index is 0.171. The summed E-state index contributed by atoms with van der Waals surface area (Å²) < 4.78 is 18.2. The van der Waals surface area contributed by atoms with Gasteiger partial charge < -0.3 is 19.0 Å². The lowest BCUT2D eigenvalue weighted by molar-refractivity contribution is 0.0255. The Labute approximate surface area is 126 Å². The van der Waals surface area contributed by atoms with Crippen LogP contribution in [0.25, 0.3) is 0 Å². The van der Waals surface area contributed by atoms with E-state index in [1.165, 1.54) is 0 Å². The summed E-state index contributed by atoms with van der Waals surface area (Å²) >= 11 is 0. The van der Waals surface area contributed by atoms with E-state index in [0.717, 1.165) is 58.2 Å². The predicted octanol–water partition coefficient (Wildman–Crippen LogP) is 3.72. The highest BCUT2D eigenvalue weighted by Gasteiger charge is 2.37. The van der Waals surface area contributed by atoms with Gasteiger partial charge in [-0.15, -0.1) is 0 Å². The molecule has 0 saturated heterocycles.